The summed E-state index contributed by atoms with van der Waals surface area (Å²) in [7, 11) is 0. The van der Waals surface area contributed by atoms with E-state index < -0.39 is 47.6 Å². The van der Waals surface area contributed by atoms with Crippen LogP contribution >= 0.6 is 0 Å². The van der Waals surface area contributed by atoms with Crippen molar-refractivity contribution in [1.82, 2.24) is 0 Å². The van der Waals surface area contributed by atoms with Crippen LogP contribution in [0.3, 0.4) is 0 Å². The first kappa shape index (κ1) is 19.6. The molecule has 24 heavy (non-hydrogen) atoms. The van der Waals surface area contributed by atoms with E-state index >= 15 is 0 Å². The van der Waals surface area contributed by atoms with E-state index in [2.05, 4.69) is 4.74 Å². The number of hydrogen-bond donors (Lipinski definition) is 0. The highest BCUT2D eigenvalue weighted by atomic mass is 19.4. The van der Waals surface area contributed by atoms with Gasteiger partial charge in [0, 0.05) is 18.1 Å². The summed E-state index contributed by atoms with van der Waals surface area (Å²) in [6.45, 7) is -1.05. The van der Waals surface area contributed by atoms with Crippen molar-refractivity contribution < 1.29 is 45.2 Å². The van der Waals surface area contributed by atoms with Gasteiger partial charge in [-0.05, 0) is 0 Å². The Hall–Kier alpha value is -2.40. The molecule has 0 saturated carbocycles. The molecule has 0 amide bonds. The molecule has 0 atom stereocenters. The van der Waals surface area contributed by atoms with Gasteiger partial charge in [-0.15, -0.1) is 0 Å². The van der Waals surface area contributed by atoms with E-state index in [4.69, 9.17) is 0 Å². The van der Waals surface area contributed by atoms with Crippen molar-refractivity contribution in [3.8, 4) is 0 Å². The molecule has 0 saturated heterocycles. The third-order valence-corrected chi connectivity index (χ3v) is 2.80. The van der Waals surface area contributed by atoms with Crippen LogP contribution in [0.5, 0.6) is 0 Å². The fourth-order valence-corrected chi connectivity index (χ4v) is 1.55. The van der Waals surface area contributed by atoms with Crippen LogP contribution in [0.2, 0.25) is 0 Å². The van der Waals surface area contributed by atoms with Gasteiger partial charge in [0.2, 0.25) is 0 Å². The summed E-state index contributed by atoms with van der Waals surface area (Å²) in [6.07, 6.45) is -7.19. The van der Waals surface area contributed by atoms with E-state index in [1.165, 1.54) is 18.2 Å². The molecule has 0 aliphatic carbocycles. The molecular weight excluding hydrogens is 355 g/mol. The van der Waals surface area contributed by atoms with Gasteiger partial charge in [-0.3, -0.25) is 10.1 Å². The van der Waals surface area contributed by atoms with Gasteiger partial charge in [-0.2, -0.15) is 30.7 Å². The van der Waals surface area contributed by atoms with Gasteiger partial charge in [0.15, 0.2) is 0 Å². The maximum Gasteiger partial charge on any atom is 0.460 e. The molecule has 5 nitrogen and oxygen atoms in total. The number of alkyl halides is 7. The number of nitro benzene ring substituents is 1. The standard InChI is InChI=1S/C12H8F7NO4/c13-10(14,11(15,16)12(17,18)19)9(21)24-6-5-7-3-1-2-4-8(7)20(22)23/h1-4H,5-6H2. The number of rotatable bonds is 6. The summed E-state index contributed by atoms with van der Waals surface area (Å²) in [6, 6.07) is 4.83. The minimum atomic E-state index is -6.66. The molecule has 0 aromatic heterocycles. The Balaban J connectivity index is 2.79. The lowest BCUT2D eigenvalue weighted by atomic mass is 10.1. The average molecular weight is 363 g/mol. The second-order valence-corrected chi connectivity index (χ2v) is 4.42. The summed E-state index contributed by atoms with van der Waals surface area (Å²) in [5.41, 5.74) is -0.540. The molecule has 0 bridgehead atoms. The predicted molar refractivity (Wildman–Crippen MR) is 63.7 cm³/mol. The lowest BCUT2D eigenvalue weighted by Crippen LogP contribution is -2.56. The number of carbonyl (C=O) groups excluding carboxylic acids is 1. The van der Waals surface area contributed by atoms with E-state index in [0.717, 1.165) is 6.07 Å². The number of para-hydroxylation sites is 1. The summed E-state index contributed by atoms with van der Waals surface area (Å²) in [5, 5.41) is 10.7. The zero-order chi connectivity index (χ0) is 18.8. The largest absolute Gasteiger partial charge is 0.461 e. The summed E-state index contributed by atoms with van der Waals surface area (Å²) in [5.74, 6) is -15.8. The molecule has 0 unspecified atom stereocenters. The molecule has 0 spiro atoms. The van der Waals surface area contributed by atoms with Crippen LogP contribution < -0.4 is 0 Å². The van der Waals surface area contributed by atoms with Crippen molar-refractivity contribution in [3.05, 3.63) is 39.9 Å². The first-order valence-electron chi connectivity index (χ1n) is 6.04. The Labute approximate surface area is 129 Å². The molecule has 1 rings (SSSR count). The fraction of sp³-hybridized carbons (Fsp3) is 0.417. The van der Waals surface area contributed by atoms with Gasteiger partial charge in [0.25, 0.3) is 5.69 Å². The lowest BCUT2D eigenvalue weighted by Gasteiger charge is -2.26. The second kappa shape index (κ2) is 6.61. The molecule has 1 aromatic rings. The third kappa shape index (κ3) is 3.74. The molecule has 12 heteroatoms. The van der Waals surface area contributed by atoms with E-state index in [-0.39, 0.29) is 5.56 Å². The van der Waals surface area contributed by atoms with Gasteiger partial charge >= 0.3 is 24.0 Å². The first-order valence-corrected chi connectivity index (χ1v) is 6.04. The highest BCUT2D eigenvalue weighted by molar-refractivity contribution is 5.79. The minimum Gasteiger partial charge on any atom is -0.461 e. The monoisotopic (exact) mass is 363 g/mol. The van der Waals surface area contributed by atoms with E-state index in [0.29, 0.717) is 0 Å². The van der Waals surface area contributed by atoms with E-state index in [1.54, 1.807) is 0 Å². The maximum absolute atomic E-state index is 13.0. The van der Waals surface area contributed by atoms with Gasteiger partial charge in [0.1, 0.15) is 0 Å². The van der Waals surface area contributed by atoms with Crippen LogP contribution in [-0.4, -0.2) is 35.5 Å². The van der Waals surface area contributed by atoms with Crippen molar-refractivity contribution in [1.29, 1.82) is 0 Å². The Morgan fingerprint density at radius 2 is 1.62 bits per heavy atom. The van der Waals surface area contributed by atoms with Crippen molar-refractivity contribution >= 4 is 11.7 Å². The number of esters is 1. The topological polar surface area (TPSA) is 69.4 Å². The number of hydrogen-bond acceptors (Lipinski definition) is 4. The lowest BCUT2D eigenvalue weighted by molar-refractivity contribution is -0.385. The normalized spacial score (nSPS) is 12.8. The van der Waals surface area contributed by atoms with Crippen molar-refractivity contribution in [2.24, 2.45) is 0 Å². The molecule has 0 aliphatic rings. The Kier molecular flexibility index (Phi) is 5.41. The number of benzene rings is 1. The Morgan fingerprint density at radius 3 is 2.12 bits per heavy atom. The SMILES string of the molecule is O=C(OCCc1ccccc1[N+](=O)[O-])C(F)(F)C(F)(F)C(F)(F)F. The zero-order valence-corrected chi connectivity index (χ0v) is 11.4. The van der Waals surface area contributed by atoms with E-state index in [1.807, 2.05) is 0 Å². The molecule has 0 radical (unpaired) electrons. The third-order valence-electron chi connectivity index (χ3n) is 2.80. The zero-order valence-electron chi connectivity index (χ0n) is 11.4. The number of halogens is 7. The first-order chi connectivity index (χ1) is 10.8. The number of carbonyl (C=O) groups is 1. The minimum absolute atomic E-state index is 0.0822. The van der Waals surface area contributed by atoms with Crippen LogP contribution in [0.25, 0.3) is 0 Å². The van der Waals surface area contributed by atoms with Crippen molar-refractivity contribution in [3.63, 3.8) is 0 Å². The highest BCUT2D eigenvalue weighted by Gasteiger charge is 2.77. The van der Waals surface area contributed by atoms with Crippen LogP contribution in [0.1, 0.15) is 5.56 Å². The number of nitro groups is 1. The smallest absolute Gasteiger partial charge is 0.460 e. The Bertz CT molecular complexity index is 630. The molecule has 134 valence electrons. The highest BCUT2D eigenvalue weighted by Crippen LogP contribution is 2.46. The molecule has 0 fully saturated rings. The van der Waals surface area contributed by atoms with Crippen molar-refractivity contribution in [2.45, 2.75) is 24.4 Å². The average Bonchev–Trinajstić information content (AvgIpc) is 2.45. The number of ether oxygens (including phenoxy) is 1. The molecule has 0 N–H and O–H groups in total. The van der Waals surface area contributed by atoms with Gasteiger partial charge in [-0.1, -0.05) is 18.2 Å². The van der Waals surface area contributed by atoms with Gasteiger partial charge in [0.05, 0.1) is 11.5 Å². The van der Waals surface area contributed by atoms with Crippen LogP contribution in [0.15, 0.2) is 24.3 Å². The summed E-state index contributed by atoms with van der Waals surface area (Å²) < 4.78 is 90.6. The van der Waals surface area contributed by atoms with Crippen molar-refractivity contribution in [2.75, 3.05) is 6.61 Å². The van der Waals surface area contributed by atoms with Crippen LogP contribution in [-0.2, 0) is 16.0 Å². The molecular formula is C12H8F7NO4. The molecule has 1 aromatic carbocycles. The van der Waals surface area contributed by atoms with Gasteiger partial charge < -0.3 is 4.74 Å². The Morgan fingerprint density at radius 1 is 1.08 bits per heavy atom. The maximum atomic E-state index is 13.0. The summed E-state index contributed by atoms with van der Waals surface area (Å²) in [4.78, 5) is 20.7. The van der Waals surface area contributed by atoms with Crippen LogP contribution in [0, 0.1) is 10.1 Å². The van der Waals surface area contributed by atoms with E-state index in [9.17, 15) is 45.6 Å². The number of nitrogens with zero attached hydrogens (tertiary/aromatic N) is 1. The summed E-state index contributed by atoms with van der Waals surface area (Å²) >= 11 is 0. The molecule has 0 aliphatic heterocycles. The second-order valence-electron chi connectivity index (χ2n) is 4.42. The van der Waals surface area contributed by atoms with Crippen LogP contribution in [0.4, 0.5) is 36.4 Å². The van der Waals surface area contributed by atoms with Gasteiger partial charge in [-0.25, -0.2) is 4.79 Å². The fourth-order valence-electron chi connectivity index (χ4n) is 1.55. The predicted octanol–water partition coefficient (Wildman–Crippen LogP) is 3.51. The molecule has 0 heterocycles. The quantitative estimate of drug-likeness (QED) is 0.336.